The topological polar surface area (TPSA) is 46.2 Å². The summed E-state index contributed by atoms with van der Waals surface area (Å²) in [5.74, 6) is 0. The summed E-state index contributed by atoms with van der Waals surface area (Å²) in [5.41, 5.74) is 2.99. The summed E-state index contributed by atoms with van der Waals surface area (Å²) in [5, 5.41) is 2.98. The first-order valence-corrected chi connectivity index (χ1v) is 3.76. The van der Waals surface area contributed by atoms with Crippen LogP contribution in [0.15, 0.2) is 22.5 Å². The van der Waals surface area contributed by atoms with E-state index >= 15 is 0 Å². The van der Waals surface area contributed by atoms with Crippen molar-refractivity contribution < 1.29 is 9.59 Å². The Morgan fingerprint density at radius 1 is 1.08 bits per heavy atom. The fraction of sp³-hybridized carbons (Fsp3) is 0.333. The Labute approximate surface area is 71.1 Å². The van der Waals surface area contributed by atoms with Gasteiger partial charge < -0.3 is 5.32 Å². The van der Waals surface area contributed by atoms with Crippen LogP contribution in [0.3, 0.4) is 0 Å². The normalized spacial score (nSPS) is 17.5. The predicted octanol–water partition coefficient (Wildman–Crippen LogP) is 0.925. The number of carbonyl (C=O) groups excluding carboxylic acids is 2. The van der Waals surface area contributed by atoms with Crippen LogP contribution in [-0.2, 0) is 9.59 Å². The number of hydrogen-bond donors (Lipinski definition) is 1. The van der Waals surface area contributed by atoms with Crippen LogP contribution in [0.5, 0.6) is 0 Å². The molecule has 0 saturated heterocycles. The molecule has 0 amide bonds. The van der Waals surface area contributed by atoms with Gasteiger partial charge in [-0.25, -0.2) is 0 Å². The Hall–Kier alpha value is -1.38. The molecule has 64 valence electrons. The van der Waals surface area contributed by atoms with Gasteiger partial charge in [-0.3, -0.25) is 9.59 Å². The van der Waals surface area contributed by atoms with E-state index in [1.54, 1.807) is 0 Å². The summed E-state index contributed by atoms with van der Waals surface area (Å²) < 4.78 is 0. The Morgan fingerprint density at radius 2 is 1.50 bits per heavy atom. The molecule has 0 saturated carbocycles. The van der Waals surface area contributed by atoms with Gasteiger partial charge in [-0.05, 0) is 13.8 Å². The summed E-state index contributed by atoms with van der Waals surface area (Å²) >= 11 is 0. The highest BCUT2D eigenvalue weighted by Crippen LogP contribution is 2.19. The molecule has 0 aromatic carbocycles. The number of carbonyl (C=O) groups is 2. The van der Waals surface area contributed by atoms with Crippen LogP contribution in [0.25, 0.3) is 0 Å². The van der Waals surface area contributed by atoms with Crippen LogP contribution >= 0.6 is 0 Å². The second-order valence-corrected chi connectivity index (χ2v) is 2.84. The van der Waals surface area contributed by atoms with E-state index in [1.165, 1.54) is 0 Å². The van der Waals surface area contributed by atoms with Crippen molar-refractivity contribution in [1.29, 1.82) is 0 Å². The minimum absolute atomic E-state index is 0.456. The van der Waals surface area contributed by atoms with E-state index < -0.39 is 0 Å². The minimum atomic E-state index is 0.456. The number of allylic oxidation sites excluding steroid dienone is 4. The molecule has 1 rings (SSSR count). The van der Waals surface area contributed by atoms with Gasteiger partial charge in [-0.15, -0.1) is 0 Å². The number of rotatable bonds is 2. The van der Waals surface area contributed by atoms with E-state index in [9.17, 15) is 9.59 Å². The highest BCUT2D eigenvalue weighted by atomic mass is 16.1. The first kappa shape index (κ1) is 8.71. The van der Waals surface area contributed by atoms with Crippen LogP contribution in [0.2, 0.25) is 0 Å². The van der Waals surface area contributed by atoms with Crippen LogP contribution in [0, 0.1) is 0 Å². The third kappa shape index (κ3) is 1.44. The smallest absolute Gasteiger partial charge is 0.148 e. The van der Waals surface area contributed by atoms with Crippen LogP contribution in [-0.4, -0.2) is 12.6 Å². The van der Waals surface area contributed by atoms with Gasteiger partial charge in [0.25, 0.3) is 0 Å². The fourth-order valence-electron chi connectivity index (χ4n) is 1.17. The lowest BCUT2D eigenvalue weighted by molar-refractivity contribution is -0.105. The van der Waals surface area contributed by atoms with Crippen molar-refractivity contribution in [3.8, 4) is 0 Å². The standard InChI is InChI=1S/C9H11NO2/c1-6-8(4-11)3-9(5-12)7(2)10-6/h4-5,10H,3H2,1-2H3. The summed E-state index contributed by atoms with van der Waals surface area (Å²) in [4.78, 5) is 21.0. The zero-order valence-electron chi connectivity index (χ0n) is 7.18. The summed E-state index contributed by atoms with van der Waals surface area (Å²) in [7, 11) is 0. The first-order chi connectivity index (χ1) is 5.69. The molecule has 0 spiro atoms. The van der Waals surface area contributed by atoms with Gasteiger partial charge in [0.2, 0.25) is 0 Å². The third-order valence-electron chi connectivity index (χ3n) is 2.00. The average Bonchev–Trinajstić information content (AvgIpc) is 2.05. The lowest BCUT2D eigenvalue weighted by atomic mass is 10.0. The van der Waals surface area contributed by atoms with E-state index in [0.717, 1.165) is 24.0 Å². The molecule has 1 N–H and O–H groups in total. The summed E-state index contributed by atoms with van der Waals surface area (Å²) in [6.07, 6.45) is 2.04. The Balaban J connectivity index is 2.93. The van der Waals surface area contributed by atoms with Gasteiger partial charge in [0.05, 0.1) is 0 Å². The molecule has 0 aromatic rings. The lowest BCUT2D eigenvalue weighted by Crippen LogP contribution is -2.19. The molecule has 12 heavy (non-hydrogen) atoms. The maximum atomic E-state index is 10.5. The van der Waals surface area contributed by atoms with Crippen molar-refractivity contribution in [2.75, 3.05) is 0 Å². The monoisotopic (exact) mass is 165 g/mol. The van der Waals surface area contributed by atoms with E-state index in [1.807, 2.05) is 13.8 Å². The lowest BCUT2D eigenvalue weighted by Gasteiger charge is -2.18. The van der Waals surface area contributed by atoms with E-state index in [-0.39, 0.29) is 0 Å². The second-order valence-electron chi connectivity index (χ2n) is 2.84. The predicted molar refractivity (Wildman–Crippen MR) is 45.3 cm³/mol. The molecule has 0 fully saturated rings. The summed E-state index contributed by atoms with van der Waals surface area (Å²) in [6.45, 7) is 3.66. The van der Waals surface area contributed by atoms with Gasteiger partial charge in [-0.2, -0.15) is 0 Å². The third-order valence-corrected chi connectivity index (χ3v) is 2.00. The van der Waals surface area contributed by atoms with Gasteiger partial charge in [0.15, 0.2) is 0 Å². The maximum absolute atomic E-state index is 10.5. The van der Waals surface area contributed by atoms with Crippen molar-refractivity contribution in [3.05, 3.63) is 22.5 Å². The number of hydrogen-bond acceptors (Lipinski definition) is 3. The van der Waals surface area contributed by atoms with Crippen molar-refractivity contribution in [2.24, 2.45) is 0 Å². The number of dihydropyridines is 1. The van der Waals surface area contributed by atoms with Crippen LogP contribution < -0.4 is 5.32 Å². The van der Waals surface area contributed by atoms with E-state index in [2.05, 4.69) is 5.32 Å². The quantitative estimate of drug-likeness (QED) is 0.619. The zero-order valence-corrected chi connectivity index (χ0v) is 7.18. The molecule has 0 aromatic heterocycles. The van der Waals surface area contributed by atoms with Crippen LogP contribution in [0.1, 0.15) is 20.3 Å². The van der Waals surface area contributed by atoms with Gasteiger partial charge in [0.1, 0.15) is 12.6 Å². The molecular weight excluding hydrogens is 154 g/mol. The highest BCUT2D eigenvalue weighted by Gasteiger charge is 2.13. The molecule has 0 unspecified atom stereocenters. The maximum Gasteiger partial charge on any atom is 0.148 e. The molecule has 0 aliphatic carbocycles. The molecule has 1 aliphatic rings. The molecule has 0 bridgehead atoms. The molecule has 3 nitrogen and oxygen atoms in total. The fourth-order valence-corrected chi connectivity index (χ4v) is 1.17. The Bertz CT molecular complexity index is 259. The van der Waals surface area contributed by atoms with Gasteiger partial charge in [0, 0.05) is 29.0 Å². The van der Waals surface area contributed by atoms with E-state index in [4.69, 9.17) is 0 Å². The molecule has 0 atom stereocenters. The first-order valence-electron chi connectivity index (χ1n) is 3.76. The van der Waals surface area contributed by atoms with Gasteiger partial charge in [-0.1, -0.05) is 0 Å². The SMILES string of the molecule is CC1=C(C=O)CC(C=O)=C(C)N1. The largest absolute Gasteiger partial charge is 0.362 e. The highest BCUT2D eigenvalue weighted by molar-refractivity contribution is 5.83. The molecule has 1 aliphatic heterocycles. The molecule has 0 radical (unpaired) electrons. The van der Waals surface area contributed by atoms with Crippen molar-refractivity contribution in [3.63, 3.8) is 0 Å². The number of nitrogens with one attached hydrogen (secondary N) is 1. The second kappa shape index (κ2) is 3.34. The number of aldehydes is 2. The van der Waals surface area contributed by atoms with Crippen molar-refractivity contribution in [1.82, 2.24) is 5.32 Å². The molecule has 3 heteroatoms. The van der Waals surface area contributed by atoms with Crippen molar-refractivity contribution in [2.45, 2.75) is 20.3 Å². The van der Waals surface area contributed by atoms with Crippen molar-refractivity contribution >= 4 is 12.6 Å². The minimum Gasteiger partial charge on any atom is -0.362 e. The van der Waals surface area contributed by atoms with Crippen LogP contribution in [0.4, 0.5) is 0 Å². The Kier molecular flexibility index (Phi) is 2.43. The van der Waals surface area contributed by atoms with E-state index in [0.29, 0.717) is 17.6 Å². The molecule has 1 heterocycles. The Morgan fingerprint density at radius 3 is 1.83 bits per heavy atom. The zero-order chi connectivity index (χ0) is 9.14. The van der Waals surface area contributed by atoms with Gasteiger partial charge >= 0.3 is 0 Å². The average molecular weight is 165 g/mol. The summed E-state index contributed by atoms with van der Waals surface area (Å²) in [6, 6.07) is 0. The molecular formula is C9H11NO2.